The Morgan fingerprint density at radius 3 is 2.80 bits per heavy atom. The third-order valence-corrected chi connectivity index (χ3v) is 3.38. The van der Waals surface area contributed by atoms with Crippen molar-refractivity contribution in [3.05, 3.63) is 0 Å². The molecule has 1 saturated heterocycles. The van der Waals surface area contributed by atoms with Gasteiger partial charge in [0, 0.05) is 6.54 Å². The lowest BCUT2D eigenvalue weighted by Gasteiger charge is -2.11. The van der Waals surface area contributed by atoms with Gasteiger partial charge >= 0.3 is 6.18 Å². The second kappa shape index (κ2) is 6.60. The van der Waals surface area contributed by atoms with E-state index in [-0.39, 0.29) is 6.61 Å². The summed E-state index contributed by atoms with van der Waals surface area (Å²) in [5.41, 5.74) is 0. The number of hydrogen-bond donors (Lipinski definition) is 1. The summed E-state index contributed by atoms with van der Waals surface area (Å²) in [7, 11) is 0. The fraction of sp³-hybridized carbons (Fsp3) is 1.00. The van der Waals surface area contributed by atoms with Crippen LogP contribution in [0.5, 0.6) is 0 Å². The number of ether oxygens (including phenoxy) is 1. The highest BCUT2D eigenvalue weighted by atomic mass is 32.2. The van der Waals surface area contributed by atoms with E-state index in [0.29, 0.717) is 12.5 Å². The summed E-state index contributed by atoms with van der Waals surface area (Å²) in [5, 5.41) is 3.11. The number of halogens is 3. The van der Waals surface area contributed by atoms with Crippen LogP contribution in [0.3, 0.4) is 0 Å². The molecule has 0 spiro atoms. The maximum Gasteiger partial charge on any atom is 0.411 e. The van der Waals surface area contributed by atoms with Crippen molar-refractivity contribution in [3.63, 3.8) is 0 Å². The van der Waals surface area contributed by atoms with Crippen LogP contribution in [0.15, 0.2) is 0 Å². The minimum atomic E-state index is -4.21. The highest BCUT2D eigenvalue weighted by Crippen LogP contribution is 2.22. The standard InChI is InChI=1S/C9H16F3NOS/c10-9(11,12)7-14-3-2-13-5-8-1-4-15-6-8/h8,13H,1-7H2. The second-order valence-electron chi connectivity index (χ2n) is 3.60. The van der Waals surface area contributed by atoms with Gasteiger partial charge in [-0.2, -0.15) is 24.9 Å². The predicted octanol–water partition coefficient (Wildman–Crippen LogP) is 1.91. The van der Waals surface area contributed by atoms with Crippen LogP contribution >= 0.6 is 11.8 Å². The molecule has 1 aliphatic heterocycles. The van der Waals surface area contributed by atoms with Crippen molar-refractivity contribution < 1.29 is 17.9 Å². The van der Waals surface area contributed by atoms with Gasteiger partial charge in [0.05, 0.1) is 6.61 Å². The molecule has 1 rings (SSSR count). The lowest BCUT2D eigenvalue weighted by Crippen LogP contribution is -2.28. The van der Waals surface area contributed by atoms with Gasteiger partial charge in [0.1, 0.15) is 6.61 Å². The maximum atomic E-state index is 11.7. The molecule has 0 aromatic carbocycles. The maximum absolute atomic E-state index is 11.7. The molecule has 1 heterocycles. The Morgan fingerprint density at radius 2 is 2.20 bits per heavy atom. The molecule has 0 aromatic rings. The summed E-state index contributed by atoms with van der Waals surface area (Å²) in [6.07, 6.45) is -3.00. The molecule has 1 atom stereocenters. The second-order valence-corrected chi connectivity index (χ2v) is 4.75. The Hall–Kier alpha value is 0.0600. The first-order chi connectivity index (χ1) is 7.08. The summed E-state index contributed by atoms with van der Waals surface area (Å²) in [5.74, 6) is 3.05. The monoisotopic (exact) mass is 243 g/mol. The van der Waals surface area contributed by atoms with Gasteiger partial charge in [-0.25, -0.2) is 0 Å². The van der Waals surface area contributed by atoms with Crippen molar-refractivity contribution in [2.24, 2.45) is 5.92 Å². The Balaban J connectivity index is 1.84. The molecule has 15 heavy (non-hydrogen) atoms. The van der Waals surface area contributed by atoms with Gasteiger partial charge in [0.2, 0.25) is 0 Å². The van der Waals surface area contributed by atoms with Crippen LogP contribution in [0.1, 0.15) is 6.42 Å². The van der Waals surface area contributed by atoms with Gasteiger partial charge < -0.3 is 10.1 Å². The predicted molar refractivity (Wildman–Crippen MR) is 55.2 cm³/mol. The van der Waals surface area contributed by atoms with E-state index in [1.165, 1.54) is 12.2 Å². The average molecular weight is 243 g/mol. The first-order valence-electron chi connectivity index (χ1n) is 5.01. The SMILES string of the molecule is FC(F)(F)COCCNCC1CCSC1. The van der Waals surface area contributed by atoms with E-state index in [1.807, 2.05) is 11.8 Å². The van der Waals surface area contributed by atoms with Crippen LogP contribution in [0, 0.1) is 5.92 Å². The van der Waals surface area contributed by atoms with Crippen LogP contribution in [0.4, 0.5) is 13.2 Å². The van der Waals surface area contributed by atoms with Gasteiger partial charge in [-0.3, -0.25) is 0 Å². The minimum Gasteiger partial charge on any atom is -0.371 e. The molecule has 0 saturated carbocycles. The topological polar surface area (TPSA) is 21.3 Å². The van der Waals surface area contributed by atoms with Crippen molar-refractivity contribution in [2.45, 2.75) is 12.6 Å². The molecule has 0 aromatic heterocycles. The lowest BCUT2D eigenvalue weighted by atomic mass is 10.1. The highest BCUT2D eigenvalue weighted by Gasteiger charge is 2.27. The zero-order valence-corrected chi connectivity index (χ0v) is 9.29. The van der Waals surface area contributed by atoms with Crippen LogP contribution in [-0.2, 0) is 4.74 Å². The molecule has 1 fully saturated rings. The van der Waals surface area contributed by atoms with Gasteiger partial charge in [0.25, 0.3) is 0 Å². The van der Waals surface area contributed by atoms with E-state index in [0.717, 1.165) is 12.3 Å². The molecule has 6 heteroatoms. The van der Waals surface area contributed by atoms with Crippen molar-refractivity contribution in [3.8, 4) is 0 Å². The van der Waals surface area contributed by atoms with E-state index >= 15 is 0 Å². The summed E-state index contributed by atoms with van der Waals surface area (Å²) in [6.45, 7) is 0.368. The summed E-state index contributed by atoms with van der Waals surface area (Å²) >= 11 is 1.93. The van der Waals surface area contributed by atoms with E-state index in [4.69, 9.17) is 0 Å². The third kappa shape index (κ3) is 7.03. The normalized spacial score (nSPS) is 22.2. The molecule has 90 valence electrons. The van der Waals surface area contributed by atoms with Crippen molar-refractivity contribution in [2.75, 3.05) is 37.8 Å². The summed E-state index contributed by atoms with van der Waals surface area (Å²) < 4.78 is 39.5. The molecule has 1 aliphatic rings. The molecule has 2 nitrogen and oxygen atoms in total. The molecular formula is C9H16F3NOS. The average Bonchev–Trinajstić information content (AvgIpc) is 2.61. The van der Waals surface area contributed by atoms with Crippen molar-refractivity contribution >= 4 is 11.8 Å². The summed E-state index contributed by atoms with van der Waals surface area (Å²) in [4.78, 5) is 0. The smallest absolute Gasteiger partial charge is 0.371 e. The first kappa shape index (κ1) is 13.1. The third-order valence-electron chi connectivity index (χ3n) is 2.15. The Bertz CT molecular complexity index is 171. The van der Waals surface area contributed by atoms with E-state index in [9.17, 15) is 13.2 Å². The number of rotatable bonds is 6. The Morgan fingerprint density at radius 1 is 1.40 bits per heavy atom. The first-order valence-corrected chi connectivity index (χ1v) is 6.16. The molecule has 0 radical (unpaired) electrons. The quantitative estimate of drug-likeness (QED) is 0.720. The van der Waals surface area contributed by atoms with Gasteiger partial charge in [-0.15, -0.1) is 0 Å². The zero-order valence-electron chi connectivity index (χ0n) is 8.48. The van der Waals surface area contributed by atoms with Crippen LogP contribution in [0.25, 0.3) is 0 Å². The van der Waals surface area contributed by atoms with E-state index in [1.54, 1.807) is 0 Å². The highest BCUT2D eigenvalue weighted by molar-refractivity contribution is 7.99. The van der Waals surface area contributed by atoms with Crippen LogP contribution in [-0.4, -0.2) is 44.0 Å². The minimum absolute atomic E-state index is 0.124. The largest absolute Gasteiger partial charge is 0.411 e. The Labute approximate surface area is 91.9 Å². The van der Waals surface area contributed by atoms with Crippen LogP contribution < -0.4 is 5.32 Å². The number of thioether (sulfide) groups is 1. The molecular weight excluding hydrogens is 227 g/mol. The zero-order chi connectivity index (χ0) is 11.1. The molecule has 0 amide bonds. The van der Waals surface area contributed by atoms with Crippen molar-refractivity contribution in [1.29, 1.82) is 0 Å². The van der Waals surface area contributed by atoms with Gasteiger partial charge in [-0.1, -0.05) is 0 Å². The number of alkyl halides is 3. The lowest BCUT2D eigenvalue weighted by molar-refractivity contribution is -0.173. The number of nitrogens with one attached hydrogen (secondary N) is 1. The van der Waals surface area contributed by atoms with E-state index < -0.39 is 12.8 Å². The Kier molecular flexibility index (Phi) is 5.78. The van der Waals surface area contributed by atoms with Gasteiger partial charge in [-0.05, 0) is 30.4 Å². The van der Waals surface area contributed by atoms with Gasteiger partial charge in [0.15, 0.2) is 0 Å². The fourth-order valence-electron chi connectivity index (χ4n) is 1.38. The molecule has 1 unspecified atom stereocenters. The number of hydrogen-bond acceptors (Lipinski definition) is 3. The fourth-order valence-corrected chi connectivity index (χ4v) is 2.67. The molecule has 0 aliphatic carbocycles. The van der Waals surface area contributed by atoms with Crippen molar-refractivity contribution in [1.82, 2.24) is 5.32 Å². The van der Waals surface area contributed by atoms with E-state index in [2.05, 4.69) is 10.1 Å². The van der Waals surface area contributed by atoms with Crippen LogP contribution in [0.2, 0.25) is 0 Å². The summed E-state index contributed by atoms with van der Waals surface area (Å²) in [6, 6.07) is 0. The molecule has 0 bridgehead atoms. The molecule has 1 N–H and O–H groups in total.